The average Bonchev–Trinajstić information content (AvgIpc) is 2.79. The number of carbonyl (C=O) groups is 3. The number of hydrogen-bond acceptors (Lipinski definition) is 8. The summed E-state index contributed by atoms with van der Waals surface area (Å²) in [6.45, 7) is 0.0355. The number of ketones is 1. The highest BCUT2D eigenvalue weighted by atomic mass is 19.4. The maximum absolute atomic E-state index is 12.2. The van der Waals surface area contributed by atoms with E-state index in [4.69, 9.17) is 18.9 Å². The number of nitrogens with one attached hydrogen (secondary N) is 1. The maximum Gasteiger partial charge on any atom is 0.454 e. The van der Waals surface area contributed by atoms with Crippen LogP contribution < -0.4 is 19.5 Å². The van der Waals surface area contributed by atoms with Crippen molar-refractivity contribution in [2.75, 3.05) is 46.3 Å². The fraction of sp³-hybridized carbons (Fsp3) is 0.476. The number of methoxy groups -OCH3 is 3. The second kappa shape index (κ2) is 11.4. The fourth-order valence-electron chi connectivity index (χ4n) is 3.16. The van der Waals surface area contributed by atoms with E-state index in [1.165, 1.54) is 38.4 Å². The van der Waals surface area contributed by atoms with Gasteiger partial charge in [-0.15, -0.1) is 0 Å². The molecular weight excluding hydrogens is 449 g/mol. The van der Waals surface area contributed by atoms with Crippen molar-refractivity contribution in [3.63, 3.8) is 0 Å². The molecule has 1 heterocycles. The monoisotopic (exact) mass is 474 g/mol. The summed E-state index contributed by atoms with van der Waals surface area (Å²) in [6, 6.07) is 3.04. The minimum absolute atomic E-state index is 0.277. The molecule has 12 heteroatoms. The molecular formula is C21H25F3N2O7. The Labute approximate surface area is 188 Å². The first-order valence-corrected chi connectivity index (χ1v) is 9.89. The van der Waals surface area contributed by atoms with Gasteiger partial charge in [-0.25, -0.2) is 0 Å². The topological polar surface area (TPSA) is 103 Å². The minimum atomic E-state index is -4.92. The Kier molecular flexibility index (Phi) is 8.94. The summed E-state index contributed by atoms with van der Waals surface area (Å²) in [5, 5.41) is 2.57. The van der Waals surface area contributed by atoms with Crippen molar-refractivity contribution in [3.8, 4) is 17.2 Å². The molecule has 0 aromatic heterocycles. The minimum Gasteiger partial charge on any atom is -0.493 e. The van der Waals surface area contributed by atoms with Crippen LogP contribution in [-0.2, 0) is 19.1 Å². The van der Waals surface area contributed by atoms with Crippen LogP contribution in [0.4, 0.5) is 18.9 Å². The number of likely N-dealkylation sites (tertiary alicyclic amines) is 1. The van der Waals surface area contributed by atoms with Crippen molar-refractivity contribution in [2.24, 2.45) is 5.92 Å². The fourth-order valence-corrected chi connectivity index (χ4v) is 3.16. The predicted octanol–water partition coefficient (Wildman–Crippen LogP) is 2.55. The number of hydrogen-bond donors (Lipinski definition) is 1. The van der Waals surface area contributed by atoms with Gasteiger partial charge in [-0.2, -0.15) is 13.2 Å². The van der Waals surface area contributed by atoms with Gasteiger partial charge in [0, 0.05) is 43.2 Å². The van der Waals surface area contributed by atoms with E-state index in [1.54, 1.807) is 0 Å². The van der Waals surface area contributed by atoms with Crippen LogP contribution in [0.15, 0.2) is 24.4 Å². The van der Waals surface area contributed by atoms with Gasteiger partial charge in [0.15, 0.2) is 18.1 Å². The number of anilines is 1. The standard InChI is InChI=1S/C21H25F3N2O7/c1-30-15-10-14(11-16(31-2)19(15)32-3)25-18(28)12-33-20(29)13-4-7-26(8-5-13)9-6-17(27)21(22,23)24/h6,9-11,13H,4-5,7-8,12H2,1-3H3,(H,25,28)/b9-6+. The van der Waals surface area contributed by atoms with E-state index in [0.29, 0.717) is 41.9 Å². The van der Waals surface area contributed by atoms with E-state index >= 15 is 0 Å². The van der Waals surface area contributed by atoms with E-state index in [9.17, 15) is 27.6 Å². The normalized spacial score (nSPS) is 14.7. The molecule has 0 atom stereocenters. The van der Waals surface area contributed by atoms with Crippen LogP contribution in [0.2, 0.25) is 0 Å². The molecule has 1 N–H and O–H groups in total. The van der Waals surface area contributed by atoms with Gasteiger partial charge < -0.3 is 29.2 Å². The van der Waals surface area contributed by atoms with Gasteiger partial charge in [-0.1, -0.05) is 0 Å². The smallest absolute Gasteiger partial charge is 0.454 e. The first-order chi connectivity index (χ1) is 15.6. The zero-order valence-corrected chi connectivity index (χ0v) is 18.4. The number of ether oxygens (including phenoxy) is 4. The summed E-state index contributed by atoms with van der Waals surface area (Å²) in [5.74, 6) is -2.57. The van der Waals surface area contributed by atoms with Crippen LogP contribution in [0.5, 0.6) is 17.2 Å². The van der Waals surface area contributed by atoms with Gasteiger partial charge in [0.25, 0.3) is 11.7 Å². The Morgan fingerprint density at radius 1 is 1.06 bits per heavy atom. The first-order valence-electron chi connectivity index (χ1n) is 9.89. The molecule has 0 aliphatic carbocycles. The number of nitrogens with zero attached hydrogens (tertiary/aromatic N) is 1. The van der Waals surface area contributed by atoms with E-state index in [0.717, 1.165) is 6.20 Å². The lowest BCUT2D eigenvalue weighted by Crippen LogP contribution is -2.35. The number of allylic oxidation sites excluding steroid dienone is 1. The quantitative estimate of drug-likeness (QED) is 0.430. The highest BCUT2D eigenvalue weighted by Crippen LogP contribution is 2.39. The largest absolute Gasteiger partial charge is 0.493 e. The number of amides is 1. The number of rotatable bonds is 9. The van der Waals surface area contributed by atoms with E-state index < -0.39 is 36.4 Å². The molecule has 1 aromatic carbocycles. The van der Waals surface area contributed by atoms with E-state index in [2.05, 4.69) is 5.32 Å². The number of alkyl halides is 3. The van der Waals surface area contributed by atoms with Crippen LogP contribution in [-0.4, -0.2) is 69.8 Å². The van der Waals surface area contributed by atoms with Crippen molar-refractivity contribution in [2.45, 2.75) is 19.0 Å². The lowest BCUT2D eigenvalue weighted by Gasteiger charge is -2.29. The highest BCUT2D eigenvalue weighted by molar-refractivity contribution is 5.94. The Morgan fingerprint density at radius 2 is 1.64 bits per heavy atom. The highest BCUT2D eigenvalue weighted by Gasteiger charge is 2.36. The molecule has 1 saturated heterocycles. The summed E-state index contributed by atoms with van der Waals surface area (Å²) < 4.78 is 57.4. The number of halogens is 3. The maximum atomic E-state index is 12.2. The summed E-state index contributed by atoms with van der Waals surface area (Å²) >= 11 is 0. The summed E-state index contributed by atoms with van der Waals surface area (Å²) in [5.41, 5.74) is 0.346. The molecule has 33 heavy (non-hydrogen) atoms. The summed E-state index contributed by atoms with van der Waals surface area (Å²) in [6.07, 6.45) is -2.74. The molecule has 1 aliphatic heterocycles. The zero-order valence-electron chi connectivity index (χ0n) is 18.4. The van der Waals surface area contributed by atoms with Gasteiger partial charge in [-0.3, -0.25) is 14.4 Å². The van der Waals surface area contributed by atoms with Crippen molar-refractivity contribution in [1.29, 1.82) is 0 Å². The molecule has 2 rings (SSSR count). The first kappa shape index (κ1) is 25.8. The Hall–Kier alpha value is -3.44. The second-order valence-electron chi connectivity index (χ2n) is 7.06. The zero-order chi connectivity index (χ0) is 24.6. The van der Waals surface area contributed by atoms with Crippen molar-refractivity contribution in [3.05, 3.63) is 24.4 Å². The molecule has 0 bridgehead atoms. The average molecular weight is 474 g/mol. The van der Waals surface area contributed by atoms with Gasteiger partial charge in [-0.05, 0) is 12.8 Å². The third kappa shape index (κ3) is 7.29. The lowest BCUT2D eigenvalue weighted by molar-refractivity contribution is -0.165. The Balaban J connectivity index is 1.83. The van der Waals surface area contributed by atoms with Crippen molar-refractivity contribution >= 4 is 23.3 Å². The van der Waals surface area contributed by atoms with Gasteiger partial charge in [0.1, 0.15) is 0 Å². The van der Waals surface area contributed by atoms with Crippen LogP contribution in [0.25, 0.3) is 0 Å². The Bertz CT molecular complexity index is 869. The van der Waals surface area contributed by atoms with Crippen LogP contribution in [0.1, 0.15) is 12.8 Å². The predicted molar refractivity (Wildman–Crippen MR) is 110 cm³/mol. The molecule has 9 nitrogen and oxygen atoms in total. The summed E-state index contributed by atoms with van der Waals surface area (Å²) in [4.78, 5) is 36.8. The van der Waals surface area contributed by atoms with Crippen LogP contribution in [0.3, 0.4) is 0 Å². The molecule has 182 valence electrons. The third-order valence-corrected chi connectivity index (χ3v) is 4.87. The van der Waals surface area contributed by atoms with Crippen molar-refractivity contribution in [1.82, 2.24) is 4.90 Å². The van der Waals surface area contributed by atoms with E-state index in [1.807, 2.05) is 0 Å². The number of esters is 1. The molecule has 1 aliphatic rings. The number of carbonyl (C=O) groups excluding carboxylic acids is 3. The third-order valence-electron chi connectivity index (χ3n) is 4.87. The van der Waals surface area contributed by atoms with Gasteiger partial charge in [0.2, 0.25) is 5.75 Å². The Morgan fingerprint density at radius 3 is 2.12 bits per heavy atom. The van der Waals surface area contributed by atoms with Crippen LogP contribution in [0, 0.1) is 5.92 Å². The van der Waals surface area contributed by atoms with Crippen molar-refractivity contribution < 1.29 is 46.5 Å². The van der Waals surface area contributed by atoms with Gasteiger partial charge >= 0.3 is 12.1 Å². The molecule has 0 spiro atoms. The molecule has 0 unspecified atom stereocenters. The molecule has 1 amide bonds. The summed E-state index contributed by atoms with van der Waals surface area (Å²) in [7, 11) is 4.31. The number of benzene rings is 1. The molecule has 0 radical (unpaired) electrons. The van der Waals surface area contributed by atoms with Gasteiger partial charge in [0.05, 0.1) is 27.2 Å². The second-order valence-corrected chi connectivity index (χ2v) is 7.06. The molecule has 1 aromatic rings. The van der Waals surface area contributed by atoms with E-state index in [-0.39, 0.29) is 13.1 Å². The van der Waals surface area contributed by atoms with Crippen LogP contribution >= 0.6 is 0 Å². The number of piperidine rings is 1. The molecule has 0 saturated carbocycles. The molecule has 1 fully saturated rings. The lowest BCUT2D eigenvalue weighted by atomic mass is 9.97. The SMILES string of the molecule is COc1cc(NC(=O)COC(=O)C2CCN(/C=C/C(=O)C(F)(F)F)CC2)cc(OC)c1OC.